The quantitative estimate of drug-likeness (QED) is 0.0693. The van der Waals surface area contributed by atoms with E-state index in [1.165, 1.54) is 17.5 Å². The number of benzene rings is 2. The van der Waals surface area contributed by atoms with Crippen LogP contribution in [0.5, 0.6) is 0 Å². The first kappa shape index (κ1) is 53.2. The van der Waals surface area contributed by atoms with Gasteiger partial charge in [-0.3, -0.25) is 48.3 Å². The summed E-state index contributed by atoms with van der Waals surface area (Å²) in [5.74, 6) is 7.78. The summed E-state index contributed by atoms with van der Waals surface area (Å²) in [7, 11) is 1.50. The third kappa shape index (κ3) is 11.8. The Bertz CT molecular complexity index is 3490. The van der Waals surface area contributed by atoms with Gasteiger partial charge in [0.25, 0.3) is 5.91 Å². The van der Waals surface area contributed by atoms with Gasteiger partial charge in [0.2, 0.25) is 17.7 Å². The van der Waals surface area contributed by atoms with E-state index >= 15 is 0 Å². The molecule has 9 heterocycles. The van der Waals surface area contributed by atoms with Gasteiger partial charge in [-0.15, -0.1) is 0 Å². The van der Waals surface area contributed by atoms with Gasteiger partial charge in [0.1, 0.15) is 29.0 Å². The van der Waals surface area contributed by atoms with Gasteiger partial charge < -0.3 is 25.8 Å². The van der Waals surface area contributed by atoms with Crippen LogP contribution in [-0.2, 0) is 27.5 Å². The molecular formula is C60H65N15O5. The van der Waals surface area contributed by atoms with Crippen LogP contribution in [0.15, 0.2) is 104 Å². The van der Waals surface area contributed by atoms with Crippen LogP contribution >= 0.6 is 0 Å². The number of imidazole rings is 1. The normalized spacial score (nSPS) is 17.7. The maximum absolute atomic E-state index is 13.8. The average Bonchev–Trinajstić information content (AvgIpc) is 4.10. The van der Waals surface area contributed by atoms with E-state index in [2.05, 4.69) is 76.1 Å². The molecule has 4 saturated heterocycles. The summed E-state index contributed by atoms with van der Waals surface area (Å²) in [6.45, 7) is 10.7. The van der Waals surface area contributed by atoms with Crippen LogP contribution in [0.3, 0.4) is 0 Å². The van der Waals surface area contributed by atoms with Gasteiger partial charge in [0.05, 0.1) is 35.6 Å². The highest BCUT2D eigenvalue weighted by atomic mass is 16.2. The van der Waals surface area contributed by atoms with E-state index in [-0.39, 0.29) is 47.7 Å². The largest absolute Gasteiger partial charge is 0.384 e. The minimum Gasteiger partial charge on any atom is -0.384 e. The molecule has 4 N–H and O–H groups in total. The summed E-state index contributed by atoms with van der Waals surface area (Å²) in [6, 6.07) is 24.8. The SMILES string of the molecule is Cc1nc2ccc(-c3ccnc(N)c3)nc2n1-c1ccc(CN2CCN(CC#Cc3ccc(N4CCC(C(=O)N5CCC(n6cc(CNc7cccc(C(=O)N(C)C8CCC(=O)NC8=O)c7C=O)cn6)CC5)CC4)nc3)CC2)cc1. The first-order valence-corrected chi connectivity index (χ1v) is 27.5. The van der Waals surface area contributed by atoms with Gasteiger partial charge in [-0.05, 0) is 105 Å². The fraction of sp³-hybridized carbons (Fsp3) is 0.367. The first-order valence-electron chi connectivity index (χ1n) is 27.5. The third-order valence-electron chi connectivity index (χ3n) is 16.0. The molecule has 5 aromatic heterocycles. The van der Waals surface area contributed by atoms with Gasteiger partial charge >= 0.3 is 0 Å². The van der Waals surface area contributed by atoms with Crippen molar-refractivity contribution in [1.82, 2.24) is 59.2 Å². The number of nitrogens with two attached hydrogens (primary N) is 1. The number of hydrogen-bond donors (Lipinski definition) is 3. The molecule has 4 fully saturated rings. The lowest BCUT2D eigenvalue weighted by atomic mass is 9.93. The summed E-state index contributed by atoms with van der Waals surface area (Å²) in [4.78, 5) is 92.7. The Kier molecular flexibility index (Phi) is 15.7. The van der Waals surface area contributed by atoms with Crippen LogP contribution in [0.2, 0.25) is 0 Å². The number of aldehydes is 1. The monoisotopic (exact) mass is 1080 g/mol. The molecule has 0 aliphatic carbocycles. The minimum absolute atomic E-state index is 0.0147. The van der Waals surface area contributed by atoms with Crippen LogP contribution in [0.4, 0.5) is 17.3 Å². The van der Waals surface area contributed by atoms with Gasteiger partial charge in [-0.1, -0.05) is 30.0 Å². The molecule has 410 valence electrons. The fourth-order valence-corrected chi connectivity index (χ4v) is 11.4. The number of piperazine rings is 1. The van der Waals surface area contributed by atoms with Crippen molar-refractivity contribution < 1.29 is 24.0 Å². The van der Waals surface area contributed by atoms with E-state index in [4.69, 9.17) is 20.7 Å². The maximum Gasteiger partial charge on any atom is 0.255 e. The Balaban J connectivity index is 0.589. The molecule has 0 radical (unpaired) electrons. The Morgan fingerprint density at radius 1 is 0.850 bits per heavy atom. The number of imide groups is 1. The number of nitrogen functional groups attached to an aromatic ring is 1. The van der Waals surface area contributed by atoms with Gasteiger partial charge in [0, 0.05) is 131 Å². The molecule has 80 heavy (non-hydrogen) atoms. The van der Waals surface area contributed by atoms with E-state index in [0.717, 1.165) is 122 Å². The smallest absolute Gasteiger partial charge is 0.255 e. The van der Waals surface area contributed by atoms with Crippen molar-refractivity contribution in [2.75, 3.05) is 81.9 Å². The van der Waals surface area contributed by atoms with Crippen molar-refractivity contribution in [3.05, 3.63) is 137 Å². The third-order valence-corrected chi connectivity index (χ3v) is 16.0. The molecule has 0 bridgehead atoms. The number of likely N-dealkylation sites (tertiary alicyclic amines) is 1. The van der Waals surface area contributed by atoms with Gasteiger partial charge in [0.15, 0.2) is 11.9 Å². The number of amides is 4. The molecule has 4 amide bonds. The molecule has 11 rings (SSSR count). The lowest BCUT2D eigenvalue weighted by Crippen LogP contribution is -2.53. The zero-order chi connectivity index (χ0) is 55.3. The molecule has 20 nitrogen and oxygen atoms in total. The van der Waals surface area contributed by atoms with Crippen molar-refractivity contribution >= 4 is 58.4 Å². The van der Waals surface area contributed by atoms with Crippen LogP contribution < -0.4 is 21.3 Å². The Morgan fingerprint density at radius 2 is 1.64 bits per heavy atom. The Hall–Kier alpha value is -8.80. The minimum atomic E-state index is -0.806. The number of anilines is 3. The van der Waals surface area contributed by atoms with Crippen LogP contribution in [-0.4, -0.2) is 156 Å². The number of carbonyl (C=O) groups excluding carboxylic acids is 5. The highest BCUT2D eigenvalue weighted by Gasteiger charge is 2.35. The topological polar surface area (TPSA) is 226 Å². The van der Waals surface area contributed by atoms with E-state index in [0.29, 0.717) is 44.0 Å². The van der Waals surface area contributed by atoms with Gasteiger partial charge in [-0.2, -0.15) is 5.10 Å². The van der Waals surface area contributed by atoms with Crippen LogP contribution in [0.1, 0.15) is 87.8 Å². The summed E-state index contributed by atoms with van der Waals surface area (Å²) < 4.78 is 4.06. The molecule has 20 heteroatoms. The Morgan fingerprint density at radius 3 is 2.38 bits per heavy atom. The van der Waals surface area contributed by atoms with Crippen molar-refractivity contribution in [1.29, 1.82) is 0 Å². The lowest BCUT2D eigenvalue weighted by molar-refractivity contribution is -0.138. The predicted molar refractivity (Wildman–Crippen MR) is 304 cm³/mol. The number of pyridine rings is 3. The van der Waals surface area contributed by atoms with Gasteiger partial charge in [-0.25, -0.2) is 19.9 Å². The number of hydrogen-bond acceptors (Lipinski definition) is 15. The standard InChI is InChI=1S/C60H65N15O5/c1-40-66-52-14-13-50(45-18-23-62-54(61)33-45)67-57(52)75(40)47-11-8-42(9-12-47)37-71-31-29-70(30-32-71)24-4-5-41-10-16-55(64-34-41)72-25-19-44(20-26-72)59(79)73-27-21-46(22-28-73)74-38-43(36-65-74)35-63-51-7-3-6-48(49(51)39-76)60(80)69(2)53-15-17-56(77)68-58(53)78/h3,6-14,16,18,23,33-34,36,38-39,44,46,53,63H,15,17,19-22,24-32,35,37H2,1-2H3,(H2,61,62)(H,68,77,78). The van der Waals surface area contributed by atoms with Crippen LogP contribution in [0.25, 0.3) is 28.1 Å². The number of rotatable bonds is 14. The second kappa shape index (κ2) is 23.7. The molecule has 7 aromatic rings. The molecule has 0 saturated carbocycles. The number of nitrogens with zero attached hydrogens (tertiary/aromatic N) is 12. The number of piperidine rings is 3. The van der Waals surface area contributed by atoms with Crippen LogP contribution in [0, 0.1) is 24.7 Å². The van der Waals surface area contributed by atoms with E-state index in [1.807, 2.05) is 65.3 Å². The zero-order valence-corrected chi connectivity index (χ0v) is 45.1. The number of nitrogens with one attached hydrogen (secondary N) is 2. The van der Waals surface area contributed by atoms with E-state index in [9.17, 15) is 24.0 Å². The van der Waals surface area contributed by atoms with Crippen molar-refractivity contribution in [3.8, 4) is 28.8 Å². The number of fused-ring (bicyclic) bond motifs is 1. The van der Waals surface area contributed by atoms with Crippen molar-refractivity contribution in [2.45, 2.75) is 70.6 Å². The molecule has 2 aromatic carbocycles. The first-order chi connectivity index (χ1) is 38.9. The van der Waals surface area contributed by atoms with E-state index in [1.54, 1.807) is 30.6 Å². The molecule has 4 aliphatic rings. The molecule has 0 spiro atoms. The molecular weight excluding hydrogens is 1010 g/mol. The number of aryl methyl sites for hydroxylation is 1. The number of likely N-dealkylation sites (N-methyl/N-ethyl adjacent to an activating group) is 1. The molecule has 1 unspecified atom stereocenters. The lowest BCUT2D eigenvalue weighted by Gasteiger charge is -2.37. The summed E-state index contributed by atoms with van der Waals surface area (Å²) in [5.41, 5.74) is 14.2. The van der Waals surface area contributed by atoms with Crippen molar-refractivity contribution in [2.24, 2.45) is 5.92 Å². The molecule has 4 aliphatic heterocycles. The number of carbonyl (C=O) groups is 5. The van der Waals surface area contributed by atoms with Crippen molar-refractivity contribution in [3.63, 3.8) is 0 Å². The second-order valence-corrected chi connectivity index (χ2v) is 21.2. The zero-order valence-electron chi connectivity index (χ0n) is 45.1. The summed E-state index contributed by atoms with van der Waals surface area (Å²) in [6.07, 6.45) is 11.5. The fourth-order valence-electron chi connectivity index (χ4n) is 11.4. The summed E-state index contributed by atoms with van der Waals surface area (Å²) in [5, 5.41) is 10.2. The maximum atomic E-state index is 13.8. The Labute approximate surface area is 464 Å². The highest BCUT2D eigenvalue weighted by Crippen LogP contribution is 2.30. The number of aromatic nitrogens is 7. The summed E-state index contributed by atoms with van der Waals surface area (Å²) >= 11 is 0. The average molecular weight is 1080 g/mol. The predicted octanol–water partition coefficient (Wildman–Crippen LogP) is 5.52. The second-order valence-electron chi connectivity index (χ2n) is 21.2. The van der Waals surface area contributed by atoms with E-state index < -0.39 is 17.9 Å². The molecule has 1 atom stereocenters. The highest BCUT2D eigenvalue weighted by molar-refractivity contribution is 6.07.